The second-order valence-electron chi connectivity index (χ2n) is 7.60. The highest BCUT2D eigenvalue weighted by atomic mass is 16.6. The molecular weight excluding hydrogens is 316 g/mol. The second kappa shape index (κ2) is 7.42. The number of aromatic nitrogens is 2. The predicted molar refractivity (Wildman–Crippen MR) is 101 cm³/mol. The summed E-state index contributed by atoms with van der Waals surface area (Å²) in [4.78, 5) is 25.3. The third-order valence-corrected chi connectivity index (χ3v) is 4.40. The highest BCUT2D eigenvalue weighted by Gasteiger charge is 2.31. The molecule has 2 rings (SSSR count). The summed E-state index contributed by atoms with van der Waals surface area (Å²) >= 11 is 0. The van der Waals surface area contributed by atoms with E-state index in [0.717, 1.165) is 29.2 Å². The molecule has 1 saturated heterocycles. The molecular formula is C19H30N4O2. The first-order chi connectivity index (χ1) is 11.6. The van der Waals surface area contributed by atoms with E-state index in [9.17, 15) is 4.79 Å². The number of carbonyl (C=O) groups excluding carboxylic acids is 1. The molecule has 1 aromatic heterocycles. The van der Waals surface area contributed by atoms with Gasteiger partial charge in [0.1, 0.15) is 17.7 Å². The van der Waals surface area contributed by atoms with Gasteiger partial charge in [-0.2, -0.15) is 0 Å². The lowest BCUT2D eigenvalue weighted by Gasteiger charge is -2.41. The summed E-state index contributed by atoms with van der Waals surface area (Å²) in [6.07, 6.45) is 3.45. The van der Waals surface area contributed by atoms with Crippen LogP contribution in [-0.4, -0.2) is 52.2 Å². The fourth-order valence-electron chi connectivity index (χ4n) is 3.05. The van der Waals surface area contributed by atoms with Crippen molar-refractivity contribution in [2.75, 3.05) is 24.5 Å². The zero-order chi connectivity index (χ0) is 18.8. The number of piperazine rings is 1. The normalized spacial score (nSPS) is 19.2. The monoisotopic (exact) mass is 346 g/mol. The zero-order valence-corrected chi connectivity index (χ0v) is 16.5. The first-order valence-corrected chi connectivity index (χ1v) is 8.83. The third kappa shape index (κ3) is 4.50. The van der Waals surface area contributed by atoms with Crippen molar-refractivity contribution in [2.24, 2.45) is 0 Å². The fourth-order valence-corrected chi connectivity index (χ4v) is 3.05. The SMILES string of the molecule is C/C=C(/C)c1c(C)ncnc1N1CCN(C(=O)OC(C)(C)C)CC1C. The molecule has 1 fully saturated rings. The lowest BCUT2D eigenvalue weighted by atomic mass is 10.0. The van der Waals surface area contributed by atoms with Gasteiger partial charge in [0.2, 0.25) is 0 Å². The molecule has 1 atom stereocenters. The van der Waals surface area contributed by atoms with Crippen molar-refractivity contribution in [1.82, 2.24) is 14.9 Å². The molecule has 138 valence electrons. The van der Waals surface area contributed by atoms with Crippen molar-refractivity contribution in [3.8, 4) is 0 Å². The van der Waals surface area contributed by atoms with Gasteiger partial charge in [-0.05, 0) is 54.0 Å². The van der Waals surface area contributed by atoms with Crippen LogP contribution < -0.4 is 4.90 Å². The van der Waals surface area contributed by atoms with Crippen molar-refractivity contribution in [3.63, 3.8) is 0 Å². The molecule has 1 aliphatic heterocycles. The number of hydrogen-bond acceptors (Lipinski definition) is 5. The van der Waals surface area contributed by atoms with E-state index in [2.05, 4.69) is 34.8 Å². The fraction of sp³-hybridized carbons (Fsp3) is 0.632. The number of carbonyl (C=O) groups is 1. The standard InChI is InChI=1S/C19H30N4O2/c1-8-13(2)16-15(4)20-12-21-17(16)23-10-9-22(11-14(23)3)18(24)25-19(5,6)7/h8,12,14H,9-11H2,1-7H3/b13-8-. The van der Waals surface area contributed by atoms with E-state index in [-0.39, 0.29) is 12.1 Å². The molecule has 0 bridgehead atoms. The Kier molecular flexibility index (Phi) is 5.70. The largest absolute Gasteiger partial charge is 0.444 e. The van der Waals surface area contributed by atoms with Crippen LogP contribution >= 0.6 is 0 Å². The highest BCUT2D eigenvalue weighted by Crippen LogP contribution is 2.29. The molecule has 0 N–H and O–H groups in total. The van der Waals surface area contributed by atoms with Crippen LogP contribution in [0.25, 0.3) is 5.57 Å². The third-order valence-electron chi connectivity index (χ3n) is 4.40. The van der Waals surface area contributed by atoms with Gasteiger partial charge in [0.25, 0.3) is 0 Å². The lowest BCUT2D eigenvalue weighted by Crippen LogP contribution is -2.55. The molecule has 0 saturated carbocycles. The number of nitrogens with zero attached hydrogens (tertiary/aromatic N) is 4. The van der Waals surface area contributed by atoms with E-state index >= 15 is 0 Å². The van der Waals surface area contributed by atoms with Gasteiger partial charge >= 0.3 is 6.09 Å². The lowest BCUT2D eigenvalue weighted by molar-refractivity contribution is 0.0218. The maximum Gasteiger partial charge on any atom is 0.410 e. The Morgan fingerprint density at radius 3 is 2.56 bits per heavy atom. The Bertz CT molecular complexity index is 664. The Morgan fingerprint density at radius 2 is 2.00 bits per heavy atom. The maximum atomic E-state index is 12.3. The molecule has 2 heterocycles. The number of rotatable bonds is 2. The molecule has 6 heteroatoms. The minimum absolute atomic E-state index is 0.152. The Labute approximate surface area is 150 Å². The van der Waals surface area contributed by atoms with Crippen LogP contribution in [0, 0.1) is 6.92 Å². The van der Waals surface area contributed by atoms with Gasteiger partial charge in [0.05, 0.1) is 5.69 Å². The zero-order valence-electron chi connectivity index (χ0n) is 16.5. The number of amides is 1. The van der Waals surface area contributed by atoms with Crippen LogP contribution in [0.2, 0.25) is 0 Å². The smallest absolute Gasteiger partial charge is 0.410 e. The van der Waals surface area contributed by atoms with Gasteiger partial charge < -0.3 is 14.5 Å². The summed E-state index contributed by atoms with van der Waals surface area (Å²) in [6, 6.07) is 0.152. The Hall–Kier alpha value is -2.11. The minimum atomic E-state index is -0.475. The van der Waals surface area contributed by atoms with Crippen LogP contribution in [0.3, 0.4) is 0 Å². The van der Waals surface area contributed by atoms with Gasteiger partial charge in [-0.15, -0.1) is 0 Å². The van der Waals surface area contributed by atoms with Crippen LogP contribution in [0.1, 0.15) is 52.8 Å². The summed E-state index contributed by atoms with van der Waals surface area (Å²) in [6.45, 7) is 15.9. The van der Waals surface area contributed by atoms with Gasteiger partial charge in [0.15, 0.2) is 0 Å². The summed E-state index contributed by atoms with van der Waals surface area (Å²) in [5, 5.41) is 0. The number of allylic oxidation sites excluding steroid dienone is 2. The van der Waals surface area contributed by atoms with E-state index in [1.807, 2.05) is 34.6 Å². The number of anilines is 1. The van der Waals surface area contributed by atoms with Gasteiger partial charge in [-0.3, -0.25) is 0 Å². The highest BCUT2D eigenvalue weighted by molar-refractivity contribution is 5.75. The summed E-state index contributed by atoms with van der Waals surface area (Å²) in [5.74, 6) is 0.944. The van der Waals surface area contributed by atoms with Crippen molar-refractivity contribution in [3.05, 3.63) is 23.7 Å². The minimum Gasteiger partial charge on any atom is -0.444 e. The average Bonchev–Trinajstić information content (AvgIpc) is 2.52. The Balaban J connectivity index is 2.20. The van der Waals surface area contributed by atoms with E-state index in [4.69, 9.17) is 4.74 Å². The van der Waals surface area contributed by atoms with Crippen molar-refractivity contribution in [1.29, 1.82) is 0 Å². The van der Waals surface area contributed by atoms with Crippen molar-refractivity contribution < 1.29 is 9.53 Å². The second-order valence-corrected chi connectivity index (χ2v) is 7.60. The van der Waals surface area contributed by atoms with Crippen molar-refractivity contribution >= 4 is 17.5 Å². The molecule has 1 aromatic rings. The van der Waals surface area contributed by atoms with Crippen molar-refractivity contribution in [2.45, 2.75) is 60.1 Å². The first-order valence-electron chi connectivity index (χ1n) is 8.83. The average molecular weight is 346 g/mol. The van der Waals surface area contributed by atoms with E-state index in [0.29, 0.717) is 13.1 Å². The van der Waals surface area contributed by atoms with Gasteiger partial charge in [0, 0.05) is 31.2 Å². The summed E-state index contributed by atoms with van der Waals surface area (Å²) < 4.78 is 5.50. The van der Waals surface area contributed by atoms with Gasteiger partial charge in [-0.25, -0.2) is 14.8 Å². The molecule has 0 radical (unpaired) electrons. The quantitative estimate of drug-likeness (QED) is 0.818. The molecule has 0 aromatic carbocycles. The first kappa shape index (κ1) is 19.2. The van der Waals surface area contributed by atoms with Crippen LogP contribution in [0.15, 0.2) is 12.4 Å². The van der Waals surface area contributed by atoms with E-state index in [1.54, 1.807) is 11.2 Å². The number of ether oxygens (including phenoxy) is 1. The number of hydrogen-bond donors (Lipinski definition) is 0. The molecule has 25 heavy (non-hydrogen) atoms. The molecule has 0 aliphatic carbocycles. The van der Waals surface area contributed by atoms with Crippen LogP contribution in [0.4, 0.5) is 10.6 Å². The molecule has 6 nitrogen and oxygen atoms in total. The van der Waals surface area contributed by atoms with Crippen LogP contribution in [0.5, 0.6) is 0 Å². The molecule has 0 spiro atoms. The number of aryl methyl sites for hydroxylation is 1. The topological polar surface area (TPSA) is 58.6 Å². The Morgan fingerprint density at radius 1 is 1.32 bits per heavy atom. The molecule has 1 unspecified atom stereocenters. The summed E-state index contributed by atoms with van der Waals surface area (Å²) in [7, 11) is 0. The van der Waals surface area contributed by atoms with E-state index < -0.39 is 5.60 Å². The molecule has 1 amide bonds. The maximum absolute atomic E-state index is 12.3. The summed E-state index contributed by atoms with van der Waals surface area (Å²) in [5.41, 5.74) is 2.75. The van der Waals surface area contributed by atoms with Gasteiger partial charge in [-0.1, -0.05) is 6.08 Å². The van der Waals surface area contributed by atoms with E-state index in [1.165, 1.54) is 0 Å². The van der Waals surface area contributed by atoms with Crippen LogP contribution in [-0.2, 0) is 4.74 Å². The predicted octanol–water partition coefficient (Wildman–Crippen LogP) is 3.65. The molecule has 1 aliphatic rings.